The van der Waals surface area contributed by atoms with Gasteiger partial charge >= 0.3 is 0 Å². The fourth-order valence-corrected chi connectivity index (χ4v) is 1.69. The molecule has 1 aromatic rings. The highest BCUT2D eigenvalue weighted by Gasteiger charge is 2.18. The van der Waals surface area contributed by atoms with Crippen molar-refractivity contribution in [2.75, 3.05) is 14.2 Å². The smallest absolute Gasteiger partial charge is 0.123 e. The molecule has 0 aliphatic rings. The second-order valence-electron chi connectivity index (χ2n) is 3.89. The van der Waals surface area contributed by atoms with Crippen molar-refractivity contribution in [2.24, 2.45) is 5.84 Å². The molecule has 2 atom stereocenters. The van der Waals surface area contributed by atoms with Gasteiger partial charge in [0.1, 0.15) is 11.6 Å². The number of hydrogen-bond acceptors (Lipinski definition) is 4. The number of rotatable bonds is 6. The van der Waals surface area contributed by atoms with Gasteiger partial charge in [0.25, 0.3) is 0 Å². The first-order valence-electron chi connectivity index (χ1n) is 5.44. The average Bonchev–Trinajstić information content (AvgIpc) is 2.35. The van der Waals surface area contributed by atoms with E-state index < -0.39 is 0 Å². The van der Waals surface area contributed by atoms with Gasteiger partial charge in [0.05, 0.1) is 19.3 Å². The second-order valence-corrected chi connectivity index (χ2v) is 3.89. The number of nitrogens with one attached hydrogen (secondary N) is 1. The molecule has 0 aromatic heterocycles. The first-order chi connectivity index (χ1) is 8.12. The summed E-state index contributed by atoms with van der Waals surface area (Å²) in [6, 6.07) is 4.16. The van der Waals surface area contributed by atoms with E-state index in [4.69, 9.17) is 15.3 Å². The molecule has 0 amide bonds. The second kappa shape index (κ2) is 6.54. The number of benzene rings is 1. The standard InChI is InChI=1S/C12H19FN2O2/c1-8(16-2)6-11(15-14)10-7-9(13)4-5-12(10)17-3/h4-5,7-8,11,15H,6,14H2,1-3H3. The molecule has 0 radical (unpaired) electrons. The van der Waals surface area contributed by atoms with Crippen LogP contribution in [0.5, 0.6) is 5.75 Å². The van der Waals surface area contributed by atoms with E-state index >= 15 is 0 Å². The van der Waals surface area contributed by atoms with E-state index in [9.17, 15) is 4.39 Å². The minimum Gasteiger partial charge on any atom is -0.496 e. The molecule has 0 fully saturated rings. The van der Waals surface area contributed by atoms with Gasteiger partial charge in [0.2, 0.25) is 0 Å². The molecule has 0 bridgehead atoms. The highest BCUT2D eigenvalue weighted by molar-refractivity contribution is 5.36. The molecule has 1 rings (SSSR count). The fourth-order valence-electron chi connectivity index (χ4n) is 1.69. The van der Waals surface area contributed by atoms with Crippen LogP contribution >= 0.6 is 0 Å². The maximum Gasteiger partial charge on any atom is 0.123 e. The van der Waals surface area contributed by atoms with Gasteiger partial charge in [-0.3, -0.25) is 11.3 Å². The first-order valence-corrected chi connectivity index (χ1v) is 5.44. The van der Waals surface area contributed by atoms with Crippen LogP contribution in [0.1, 0.15) is 24.9 Å². The number of methoxy groups -OCH3 is 2. The summed E-state index contributed by atoms with van der Waals surface area (Å²) >= 11 is 0. The summed E-state index contributed by atoms with van der Waals surface area (Å²) < 4.78 is 23.6. The van der Waals surface area contributed by atoms with Crippen molar-refractivity contribution in [3.63, 3.8) is 0 Å². The van der Waals surface area contributed by atoms with Gasteiger partial charge < -0.3 is 9.47 Å². The van der Waals surface area contributed by atoms with Crippen molar-refractivity contribution in [2.45, 2.75) is 25.5 Å². The van der Waals surface area contributed by atoms with Crippen LogP contribution in [0.25, 0.3) is 0 Å². The third-order valence-corrected chi connectivity index (χ3v) is 2.74. The van der Waals surface area contributed by atoms with Crippen LogP contribution in [0.4, 0.5) is 4.39 Å². The monoisotopic (exact) mass is 242 g/mol. The summed E-state index contributed by atoms with van der Waals surface area (Å²) in [6.07, 6.45) is 0.649. The summed E-state index contributed by atoms with van der Waals surface area (Å²) in [5.74, 6) is 5.79. The SMILES string of the molecule is COc1ccc(F)cc1C(CC(C)OC)NN. The van der Waals surface area contributed by atoms with Crippen molar-refractivity contribution in [1.82, 2.24) is 5.43 Å². The quantitative estimate of drug-likeness (QED) is 0.589. The molecule has 5 heteroatoms. The molecular weight excluding hydrogens is 223 g/mol. The molecule has 1 aromatic carbocycles. The van der Waals surface area contributed by atoms with E-state index in [2.05, 4.69) is 5.43 Å². The van der Waals surface area contributed by atoms with Crippen LogP contribution < -0.4 is 16.0 Å². The number of nitrogens with two attached hydrogens (primary N) is 1. The zero-order valence-electron chi connectivity index (χ0n) is 10.4. The van der Waals surface area contributed by atoms with E-state index in [0.29, 0.717) is 17.7 Å². The number of ether oxygens (including phenoxy) is 2. The molecule has 2 unspecified atom stereocenters. The van der Waals surface area contributed by atoms with E-state index in [-0.39, 0.29) is 18.0 Å². The van der Waals surface area contributed by atoms with E-state index in [0.717, 1.165) is 0 Å². The Kier molecular flexibility index (Phi) is 5.34. The Morgan fingerprint density at radius 1 is 1.41 bits per heavy atom. The van der Waals surface area contributed by atoms with E-state index in [1.165, 1.54) is 12.1 Å². The lowest BCUT2D eigenvalue weighted by atomic mass is 10.0. The maximum atomic E-state index is 13.2. The van der Waals surface area contributed by atoms with Crippen LogP contribution in [0, 0.1) is 5.82 Å². The largest absolute Gasteiger partial charge is 0.496 e. The van der Waals surface area contributed by atoms with Crippen LogP contribution in [0.2, 0.25) is 0 Å². The normalized spacial score (nSPS) is 14.4. The number of hydrogen-bond donors (Lipinski definition) is 2. The Balaban J connectivity index is 2.97. The molecule has 0 saturated heterocycles. The van der Waals surface area contributed by atoms with Crippen molar-refractivity contribution in [3.8, 4) is 5.75 Å². The third kappa shape index (κ3) is 3.66. The zero-order chi connectivity index (χ0) is 12.8. The molecule has 96 valence electrons. The van der Waals surface area contributed by atoms with Gasteiger partial charge in [0.15, 0.2) is 0 Å². The summed E-state index contributed by atoms with van der Waals surface area (Å²) in [7, 11) is 3.17. The van der Waals surface area contributed by atoms with Gasteiger partial charge in [-0.15, -0.1) is 0 Å². The third-order valence-electron chi connectivity index (χ3n) is 2.74. The average molecular weight is 242 g/mol. The van der Waals surface area contributed by atoms with Crippen molar-refractivity contribution in [1.29, 1.82) is 0 Å². The molecule has 0 heterocycles. The lowest BCUT2D eigenvalue weighted by Gasteiger charge is -2.21. The topological polar surface area (TPSA) is 56.5 Å². The van der Waals surface area contributed by atoms with Gasteiger partial charge in [-0.05, 0) is 31.5 Å². The van der Waals surface area contributed by atoms with Gasteiger partial charge in [-0.2, -0.15) is 0 Å². The highest BCUT2D eigenvalue weighted by Crippen LogP contribution is 2.28. The molecular formula is C12H19FN2O2. The predicted octanol–water partition coefficient (Wildman–Crippen LogP) is 1.76. The molecule has 3 N–H and O–H groups in total. The van der Waals surface area contributed by atoms with Gasteiger partial charge in [-0.1, -0.05) is 0 Å². The Morgan fingerprint density at radius 3 is 2.65 bits per heavy atom. The zero-order valence-corrected chi connectivity index (χ0v) is 10.4. The van der Waals surface area contributed by atoms with Crippen LogP contribution in [0.15, 0.2) is 18.2 Å². The Morgan fingerprint density at radius 2 is 2.12 bits per heavy atom. The predicted molar refractivity (Wildman–Crippen MR) is 64.1 cm³/mol. The minimum atomic E-state index is -0.314. The maximum absolute atomic E-state index is 13.2. The lowest BCUT2D eigenvalue weighted by molar-refractivity contribution is 0.100. The molecule has 0 saturated carbocycles. The molecule has 0 aliphatic heterocycles. The highest BCUT2D eigenvalue weighted by atomic mass is 19.1. The molecule has 17 heavy (non-hydrogen) atoms. The van der Waals surface area contributed by atoms with Gasteiger partial charge in [0, 0.05) is 12.7 Å². The van der Waals surface area contributed by atoms with Crippen LogP contribution in [0.3, 0.4) is 0 Å². The van der Waals surface area contributed by atoms with Crippen molar-refractivity contribution >= 4 is 0 Å². The Bertz CT molecular complexity index is 360. The first kappa shape index (κ1) is 13.9. The van der Waals surface area contributed by atoms with E-state index in [1.54, 1.807) is 20.3 Å². The molecule has 4 nitrogen and oxygen atoms in total. The van der Waals surface area contributed by atoms with Crippen LogP contribution in [-0.4, -0.2) is 20.3 Å². The summed E-state index contributed by atoms with van der Waals surface area (Å²) in [6.45, 7) is 1.93. The van der Waals surface area contributed by atoms with Crippen LogP contribution in [-0.2, 0) is 4.74 Å². The number of hydrazine groups is 1. The number of halogens is 1. The minimum absolute atomic E-state index is 0.0176. The molecule has 0 spiro atoms. The Labute approximate surface area is 101 Å². The van der Waals surface area contributed by atoms with Crippen molar-refractivity contribution in [3.05, 3.63) is 29.6 Å². The summed E-state index contributed by atoms with van der Waals surface area (Å²) in [4.78, 5) is 0. The molecule has 0 aliphatic carbocycles. The Hall–Kier alpha value is -1.17. The van der Waals surface area contributed by atoms with E-state index in [1.807, 2.05) is 6.92 Å². The lowest BCUT2D eigenvalue weighted by Crippen LogP contribution is -2.31. The van der Waals surface area contributed by atoms with Crippen molar-refractivity contribution < 1.29 is 13.9 Å². The fraction of sp³-hybridized carbons (Fsp3) is 0.500. The van der Waals surface area contributed by atoms with Gasteiger partial charge in [-0.25, -0.2) is 4.39 Å². The summed E-state index contributed by atoms with van der Waals surface area (Å²) in [5, 5.41) is 0. The summed E-state index contributed by atoms with van der Waals surface area (Å²) in [5.41, 5.74) is 3.35.